The number of aliphatic hydroxyl groups is 2. The van der Waals surface area contributed by atoms with E-state index in [0.29, 0.717) is 43.2 Å². The Morgan fingerprint density at radius 2 is 1.72 bits per heavy atom. The molecule has 3 N–H and O–H groups in total. The van der Waals surface area contributed by atoms with Crippen molar-refractivity contribution in [2.45, 2.75) is 135 Å². The average molecular weight is 756 g/mol. The van der Waals surface area contributed by atoms with Crippen molar-refractivity contribution in [2.24, 2.45) is 23.7 Å². The summed E-state index contributed by atoms with van der Waals surface area (Å²) < 4.78 is 24.1. The van der Waals surface area contributed by atoms with Gasteiger partial charge in [0, 0.05) is 44.9 Å². The lowest BCUT2D eigenvalue weighted by atomic mass is 9.82. The van der Waals surface area contributed by atoms with Crippen LogP contribution in [0, 0.1) is 23.7 Å². The molecule has 0 spiro atoms. The third-order valence-corrected chi connectivity index (χ3v) is 11.6. The third-order valence-electron chi connectivity index (χ3n) is 11.6. The van der Waals surface area contributed by atoms with Gasteiger partial charge in [-0.25, -0.2) is 4.79 Å². The van der Waals surface area contributed by atoms with E-state index >= 15 is 0 Å². The van der Waals surface area contributed by atoms with Crippen LogP contribution in [-0.4, -0.2) is 107 Å². The number of hydrogen-bond acceptors (Lipinski definition) is 11. The number of nitrogens with zero attached hydrogens (tertiary/aromatic N) is 1. The van der Waals surface area contributed by atoms with Gasteiger partial charge in [-0.15, -0.1) is 0 Å². The number of Topliss-reactive ketones (excluding diaryl/α,β-unsaturated/α-hetero) is 2. The van der Waals surface area contributed by atoms with Crippen LogP contribution < -0.4 is 0 Å². The molecule has 1 aromatic rings. The van der Waals surface area contributed by atoms with Gasteiger partial charge in [0.1, 0.15) is 29.8 Å². The van der Waals surface area contributed by atoms with Gasteiger partial charge in [-0.1, -0.05) is 57.6 Å². The van der Waals surface area contributed by atoms with Gasteiger partial charge in [0.15, 0.2) is 0 Å². The van der Waals surface area contributed by atoms with Crippen LogP contribution in [0.1, 0.15) is 98.5 Å². The van der Waals surface area contributed by atoms with Gasteiger partial charge < -0.3 is 39.2 Å². The fourth-order valence-corrected chi connectivity index (χ4v) is 8.34. The fourth-order valence-electron chi connectivity index (χ4n) is 8.34. The number of piperidine rings is 1. The molecule has 0 radical (unpaired) electrons. The Labute approximate surface area is 319 Å². The van der Waals surface area contributed by atoms with E-state index < -0.39 is 77.8 Å². The number of aromatic hydroxyl groups is 1. The van der Waals surface area contributed by atoms with Crippen molar-refractivity contribution in [3.05, 3.63) is 47.1 Å². The smallest absolute Gasteiger partial charge is 0.329 e. The highest BCUT2D eigenvalue weighted by Gasteiger charge is 2.56. The Morgan fingerprint density at radius 1 is 1.04 bits per heavy atom. The maximum atomic E-state index is 14.2. The van der Waals surface area contributed by atoms with Crippen LogP contribution in [0.3, 0.4) is 0 Å². The van der Waals surface area contributed by atoms with Crippen molar-refractivity contribution >= 4 is 29.5 Å². The Hall–Kier alpha value is -3.42. The predicted octanol–water partition coefficient (Wildman–Crippen LogP) is 5.16. The number of esters is 1. The molecule has 1 aromatic carbocycles. The standard InChI is InChI=1S/C42H61NO11/c1-9-30-18-24(2)17-25(3)19-35(51-7)38-36(52-8)21-27(5)42(50,54-38)39(47)40(48)43-16-11-10-15-32(43)41(49)53-37(28(6)33(45)23-34(30)46)26(4)20-29-13-12-14-31(44)22-29/h12-14,18,20,22,25,27-28,30,32-33,35-38,44-45,50H,9-11,15-17,19,21,23H2,1-8H3/b24-18+,26-20+/t25-,27+,28+,30+,32-,33-,35-,36-,37+,38+,42+/m0/s1. The highest BCUT2D eigenvalue weighted by atomic mass is 16.7. The zero-order chi connectivity index (χ0) is 39.9. The maximum Gasteiger partial charge on any atom is 0.329 e. The van der Waals surface area contributed by atoms with E-state index in [1.165, 1.54) is 20.3 Å². The number of phenolic OH excluding ortho intramolecular Hbond substituents is 1. The first-order chi connectivity index (χ1) is 25.5. The largest absolute Gasteiger partial charge is 0.508 e. The van der Waals surface area contributed by atoms with Gasteiger partial charge in [0.05, 0.1) is 18.3 Å². The van der Waals surface area contributed by atoms with E-state index in [2.05, 4.69) is 0 Å². The van der Waals surface area contributed by atoms with Crippen molar-refractivity contribution in [1.29, 1.82) is 0 Å². The van der Waals surface area contributed by atoms with Crippen LogP contribution in [0.5, 0.6) is 5.75 Å². The predicted molar refractivity (Wildman–Crippen MR) is 202 cm³/mol. The lowest BCUT2D eigenvalue weighted by molar-refractivity contribution is -0.302. The molecule has 11 atom stereocenters. The number of carbonyl (C=O) groups is 4. The number of phenols is 1. The van der Waals surface area contributed by atoms with Crippen molar-refractivity contribution < 1.29 is 53.4 Å². The average Bonchev–Trinajstić information content (AvgIpc) is 3.14. The number of rotatable bonds is 5. The van der Waals surface area contributed by atoms with Gasteiger partial charge in [-0.05, 0) is 88.0 Å². The Kier molecular flexibility index (Phi) is 15.2. The number of methoxy groups -OCH3 is 2. The first-order valence-corrected chi connectivity index (χ1v) is 19.4. The van der Waals surface area contributed by atoms with Crippen molar-refractivity contribution in [3.63, 3.8) is 0 Å². The van der Waals surface area contributed by atoms with Crippen LogP contribution in [0.4, 0.5) is 0 Å². The molecule has 12 nitrogen and oxygen atoms in total. The summed E-state index contributed by atoms with van der Waals surface area (Å²) in [5, 5.41) is 33.6. The number of allylic oxidation sites excluding steroid dienone is 2. The van der Waals surface area contributed by atoms with E-state index in [4.69, 9.17) is 18.9 Å². The lowest BCUT2D eigenvalue weighted by Crippen LogP contribution is -2.64. The van der Waals surface area contributed by atoms with Gasteiger partial charge in [0.25, 0.3) is 11.7 Å². The fraction of sp³-hybridized carbons (Fsp3) is 0.667. The minimum absolute atomic E-state index is 0.0312. The third kappa shape index (κ3) is 10.1. The zero-order valence-corrected chi connectivity index (χ0v) is 33.2. The van der Waals surface area contributed by atoms with E-state index in [9.17, 15) is 34.5 Å². The molecule has 4 rings (SSSR count). The summed E-state index contributed by atoms with van der Waals surface area (Å²) in [6.07, 6.45) is 2.40. The number of fused-ring (bicyclic) bond motifs is 3. The number of cyclic esters (lactones) is 1. The topological polar surface area (TPSA) is 169 Å². The molecule has 3 aliphatic rings. The summed E-state index contributed by atoms with van der Waals surface area (Å²) in [6.45, 7) is 11.1. The number of benzene rings is 1. The van der Waals surface area contributed by atoms with Crippen LogP contribution in [0.15, 0.2) is 41.5 Å². The van der Waals surface area contributed by atoms with Crippen LogP contribution in [-0.2, 0) is 38.1 Å². The van der Waals surface area contributed by atoms with Gasteiger partial charge in [-0.2, -0.15) is 0 Å². The first-order valence-electron chi connectivity index (χ1n) is 19.4. The number of amides is 1. The summed E-state index contributed by atoms with van der Waals surface area (Å²) in [4.78, 5) is 57.3. The normalized spacial score (nSPS) is 36.7. The van der Waals surface area contributed by atoms with E-state index in [1.807, 2.05) is 26.8 Å². The molecule has 300 valence electrons. The molecule has 0 aliphatic carbocycles. The molecular weight excluding hydrogens is 694 g/mol. The van der Waals surface area contributed by atoms with E-state index in [0.717, 1.165) is 10.5 Å². The molecule has 3 heterocycles. The summed E-state index contributed by atoms with van der Waals surface area (Å²) in [5.74, 6) is -7.60. The Bertz CT molecular complexity index is 1560. The number of hydrogen-bond donors (Lipinski definition) is 3. The maximum absolute atomic E-state index is 14.2. The molecule has 3 aliphatic heterocycles. The van der Waals surface area contributed by atoms with Crippen molar-refractivity contribution in [3.8, 4) is 5.75 Å². The minimum Gasteiger partial charge on any atom is -0.508 e. The molecule has 2 saturated heterocycles. The Balaban J connectivity index is 1.79. The molecule has 0 aromatic heterocycles. The molecule has 0 unspecified atom stereocenters. The second-order valence-corrected chi connectivity index (χ2v) is 15.8. The van der Waals surface area contributed by atoms with Crippen molar-refractivity contribution in [1.82, 2.24) is 4.90 Å². The number of aliphatic hydroxyl groups excluding tert-OH is 1. The summed E-state index contributed by atoms with van der Waals surface area (Å²) in [7, 11) is 3.05. The SMILES string of the molecule is CC[C@@H]1/C=C(\C)C[C@H](C)C[C@H](OC)[C@H]2O[C@@](O)(C(=O)C(=O)N3CCCC[C@H]3C(=O)O[C@H](/C(C)=C/c3cccc(O)c3)[C@H](C)[C@@H](O)CC1=O)[C@H](C)C[C@@H]2OC. The zero-order valence-electron chi connectivity index (χ0n) is 33.2. The van der Waals surface area contributed by atoms with Gasteiger partial charge in [-0.3, -0.25) is 14.4 Å². The number of ketones is 2. The molecular formula is C42H61NO11. The monoisotopic (exact) mass is 755 g/mol. The number of carbonyl (C=O) groups excluding carboxylic acids is 4. The van der Waals surface area contributed by atoms with Crippen LogP contribution in [0.2, 0.25) is 0 Å². The molecule has 0 saturated carbocycles. The molecule has 12 heteroatoms. The molecule has 1 amide bonds. The Morgan fingerprint density at radius 3 is 2.37 bits per heavy atom. The molecule has 2 bridgehead atoms. The molecule has 54 heavy (non-hydrogen) atoms. The van der Waals surface area contributed by atoms with Gasteiger partial charge >= 0.3 is 5.97 Å². The number of ether oxygens (including phenoxy) is 4. The lowest BCUT2D eigenvalue weighted by Gasteiger charge is -2.47. The summed E-state index contributed by atoms with van der Waals surface area (Å²) in [6, 6.07) is 5.37. The highest BCUT2D eigenvalue weighted by molar-refractivity contribution is 6.39. The quantitative estimate of drug-likeness (QED) is 0.206. The molecule has 2 fully saturated rings. The van der Waals surface area contributed by atoms with E-state index in [-0.39, 0.29) is 43.3 Å². The van der Waals surface area contributed by atoms with Crippen LogP contribution in [0.25, 0.3) is 6.08 Å². The minimum atomic E-state index is -2.51. The van der Waals surface area contributed by atoms with E-state index in [1.54, 1.807) is 45.0 Å². The first kappa shape index (κ1) is 43.3. The van der Waals surface area contributed by atoms with Crippen LogP contribution >= 0.6 is 0 Å². The summed E-state index contributed by atoms with van der Waals surface area (Å²) >= 11 is 0. The van der Waals surface area contributed by atoms with Gasteiger partial charge in [0.2, 0.25) is 5.79 Å². The summed E-state index contributed by atoms with van der Waals surface area (Å²) in [5.41, 5.74) is 2.15. The second kappa shape index (κ2) is 18.9. The second-order valence-electron chi connectivity index (χ2n) is 15.8. The van der Waals surface area contributed by atoms with Crippen molar-refractivity contribution in [2.75, 3.05) is 20.8 Å². The highest BCUT2D eigenvalue weighted by Crippen LogP contribution is 2.39.